The molecular weight excluding hydrogens is 234 g/mol. The van der Waals surface area contributed by atoms with Crippen molar-refractivity contribution >= 4 is 10.0 Å². The minimum absolute atomic E-state index is 0.154. The molecule has 1 fully saturated rings. The third-order valence-corrected chi connectivity index (χ3v) is 5.40. The largest absolute Gasteiger partial charge is 0.243 e. The molecule has 2 atom stereocenters. The van der Waals surface area contributed by atoms with Gasteiger partial charge < -0.3 is 0 Å². The highest BCUT2D eigenvalue weighted by Crippen LogP contribution is 2.41. The van der Waals surface area contributed by atoms with E-state index in [-0.39, 0.29) is 5.54 Å². The number of hydrogen-bond acceptors (Lipinski definition) is 2. The molecule has 1 aromatic carbocycles. The van der Waals surface area contributed by atoms with Crippen molar-refractivity contribution in [3.8, 4) is 0 Å². The van der Waals surface area contributed by atoms with Crippen molar-refractivity contribution in [2.75, 3.05) is 6.54 Å². The Bertz CT molecular complexity index is 507. The zero-order valence-electron chi connectivity index (χ0n) is 10.6. The average Bonchev–Trinajstić information content (AvgIpc) is 2.92. The van der Waals surface area contributed by atoms with Crippen LogP contribution in [0.5, 0.6) is 0 Å². The van der Waals surface area contributed by atoms with Gasteiger partial charge in [0.15, 0.2) is 0 Å². The van der Waals surface area contributed by atoms with Gasteiger partial charge in [0, 0.05) is 12.1 Å². The van der Waals surface area contributed by atoms with E-state index >= 15 is 0 Å². The van der Waals surface area contributed by atoms with E-state index in [1.807, 2.05) is 26.0 Å². The van der Waals surface area contributed by atoms with Gasteiger partial charge in [-0.2, -0.15) is 4.31 Å². The molecule has 3 nitrogen and oxygen atoms in total. The van der Waals surface area contributed by atoms with Crippen molar-refractivity contribution in [3.05, 3.63) is 29.8 Å². The van der Waals surface area contributed by atoms with Crippen molar-refractivity contribution in [1.82, 2.24) is 4.31 Å². The van der Waals surface area contributed by atoms with Crippen molar-refractivity contribution in [2.24, 2.45) is 0 Å². The second-order valence-electron chi connectivity index (χ2n) is 5.07. The SMILES string of the molecule is CCCC1(C)CN1S(=O)(=O)c1ccc(C)cc1. The van der Waals surface area contributed by atoms with Crippen LogP contribution < -0.4 is 0 Å². The van der Waals surface area contributed by atoms with Gasteiger partial charge in [-0.1, -0.05) is 31.0 Å². The number of aryl methyl sites for hydroxylation is 1. The number of sulfonamides is 1. The first kappa shape index (κ1) is 12.6. The molecule has 0 aromatic heterocycles. The van der Waals surface area contributed by atoms with Gasteiger partial charge in [0.25, 0.3) is 0 Å². The fourth-order valence-electron chi connectivity index (χ4n) is 2.23. The van der Waals surface area contributed by atoms with Crippen molar-refractivity contribution < 1.29 is 8.42 Å². The highest BCUT2D eigenvalue weighted by atomic mass is 32.2. The quantitative estimate of drug-likeness (QED) is 0.773. The summed E-state index contributed by atoms with van der Waals surface area (Å²) in [7, 11) is -3.28. The summed E-state index contributed by atoms with van der Waals surface area (Å²) >= 11 is 0. The van der Waals surface area contributed by atoms with E-state index < -0.39 is 10.0 Å². The summed E-state index contributed by atoms with van der Waals surface area (Å²) in [5.41, 5.74) is 0.921. The molecule has 2 rings (SSSR count). The summed E-state index contributed by atoms with van der Waals surface area (Å²) in [6, 6.07) is 7.06. The van der Waals surface area contributed by atoms with Gasteiger partial charge >= 0.3 is 0 Å². The predicted octanol–water partition coefficient (Wildman–Crippen LogP) is 2.56. The third kappa shape index (κ3) is 2.24. The first-order valence-corrected chi connectivity index (χ1v) is 7.44. The van der Waals surface area contributed by atoms with Crippen molar-refractivity contribution in [3.63, 3.8) is 0 Å². The third-order valence-electron chi connectivity index (χ3n) is 3.38. The fourth-order valence-corrected chi connectivity index (χ4v) is 4.08. The first-order valence-electron chi connectivity index (χ1n) is 6.00. The van der Waals surface area contributed by atoms with E-state index in [0.717, 1.165) is 18.4 Å². The Morgan fingerprint density at radius 1 is 1.29 bits per heavy atom. The van der Waals surface area contributed by atoms with Crippen LogP contribution in [0.25, 0.3) is 0 Å². The molecule has 0 spiro atoms. The summed E-state index contributed by atoms with van der Waals surface area (Å²) < 4.78 is 26.2. The predicted molar refractivity (Wildman–Crippen MR) is 68.4 cm³/mol. The minimum Gasteiger partial charge on any atom is -0.207 e. The number of rotatable bonds is 4. The normalized spacial score (nSPS) is 28.1. The van der Waals surface area contributed by atoms with Crippen LogP contribution in [0.2, 0.25) is 0 Å². The van der Waals surface area contributed by atoms with Crippen LogP contribution in [0, 0.1) is 6.92 Å². The maximum atomic E-state index is 12.3. The molecule has 0 bridgehead atoms. The van der Waals surface area contributed by atoms with Crippen molar-refractivity contribution in [2.45, 2.75) is 44.0 Å². The molecule has 94 valence electrons. The molecule has 1 aliphatic rings. The molecule has 2 unspecified atom stereocenters. The Hall–Kier alpha value is -0.870. The molecule has 1 saturated heterocycles. The molecular formula is C13H19NO2S. The topological polar surface area (TPSA) is 37.1 Å². The summed E-state index contributed by atoms with van der Waals surface area (Å²) in [5.74, 6) is 0. The smallest absolute Gasteiger partial charge is 0.207 e. The van der Waals surface area contributed by atoms with E-state index in [1.54, 1.807) is 16.4 Å². The molecule has 17 heavy (non-hydrogen) atoms. The maximum absolute atomic E-state index is 12.3. The zero-order chi connectivity index (χ0) is 12.7. The van der Waals surface area contributed by atoms with E-state index in [4.69, 9.17) is 0 Å². The number of benzene rings is 1. The van der Waals surface area contributed by atoms with Gasteiger partial charge in [-0.25, -0.2) is 8.42 Å². The molecule has 1 aromatic rings. The molecule has 0 N–H and O–H groups in total. The Kier molecular flexibility index (Phi) is 3.04. The second-order valence-corrected chi connectivity index (χ2v) is 6.93. The summed E-state index contributed by atoms with van der Waals surface area (Å²) in [4.78, 5) is 0.405. The summed E-state index contributed by atoms with van der Waals surface area (Å²) in [5, 5.41) is 0. The Balaban J connectivity index is 2.25. The molecule has 4 heteroatoms. The number of nitrogens with zero attached hydrogens (tertiary/aromatic N) is 1. The molecule has 0 aliphatic carbocycles. The standard InChI is InChI=1S/C13H19NO2S/c1-4-9-13(3)10-14(13)17(15,16)12-7-5-11(2)6-8-12/h5-8H,4,9-10H2,1-3H3. The minimum atomic E-state index is -3.28. The highest BCUT2D eigenvalue weighted by Gasteiger charge is 2.54. The van der Waals surface area contributed by atoms with Crippen LogP contribution >= 0.6 is 0 Å². The van der Waals surface area contributed by atoms with E-state index in [0.29, 0.717) is 11.4 Å². The second kappa shape index (κ2) is 4.10. The van der Waals surface area contributed by atoms with Crippen LogP contribution in [0.15, 0.2) is 29.2 Å². The average molecular weight is 253 g/mol. The molecule has 0 amide bonds. The first-order chi connectivity index (χ1) is 7.90. The zero-order valence-corrected chi connectivity index (χ0v) is 11.4. The van der Waals surface area contributed by atoms with E-state index in [1.165, 1.54) is 0 Å². The van der Waals surface area contributed by atoms with Crippen LogP contribution in [0.1, 0.15) is 32.3 Å². The molecule has 1 aliphatic heterocycles. The van der Waals surface area contributed by atoms with Crippen LogP contribution in [0.3, 0.4) is 0 Å². The lowest BCUT2D eigenvalue weighted by atomic mass is 10.1. The van der Waals surface area contributed by atoms with Gasteiger partial charge in [0.05, 0.1) is 4.90 Å². The van der Waals surface area contributed by atoms with Crippen molar-refractivity contribution in [1.29, 1.82) is 0 Å². The highest BCUT2D eigenvalue weighted by molar-refractivity contribution is 7.89. The fraction of sp³-hybridized carbons (Fsp3) is 0.538. The summed E-state index contributed by atoms with van der Waals surface area (Å²) in [6.07, 6.45) is 1.94. The van der Waals surface area contributed by atoms with Gasteiger partial charge in [0.2, 0.25) is 10.0 Å². The lowest BCUT2D eigenvalue weighted by Gasteiger charge is -2.12. The van der Waals surface area contributed by atoms with E-state index in [2.05, 4.69) is 6.92 Å². The van der Waals surface area contributed by atoms with E-state index in [9.17, 15) is 8.42 Å². The monoisotopic (exact) mass is 253 g/mol. The van der Waals surface area contributed by atoms with Gasteiger partial charge in [-0.05, 0) is 32.4 Å². The van der Waals surface area contributed by atoms with Gasteiger partial charge in [0.1, 0.15) is 0 Å². The van der Waals surface area contributed by atoms with Crippen LogP contribution in [-0.4, -0.2) is 24.8 Å². The van der Waals surface area contributed by atoms with Gasteiger partial charge in [-0.15, -0.1) is 0 Å². The Morgan fingerprint density at radius 2 is 1.88 bits per heavy atom. The summed E-state index contributed by atoms with van der Waals surface area (Å²) in [6.45, 7) is 6.70. The van der Waals surface area contributed by atoms with Crippen LogP contribution in [-0.2, 0) is 10.0 Å². The Morgan fingerprint density at radius 3 is 2.41 bits per heavy atom. The lowest BCUT2D eigenvalue weighted by molar-refractivity contribution is 0.491. The van der Waals surface area contributed by atoms with Gasteiger partial charge in [-0.3, -0.25) is 0 Å². The molecule has 1 heterocycles. The lowest BCUT2D eigenvalue weighted by Crippen LogP contribution is -2.21. The Labute approximate surface area is 104 Å². The van der Waals surface area contributed by atoms with Crippen LogP contribution in [0.4, 0.5) is 0 Å². The molecule has 0 radical (unpaired) electrons. The molecule has 0 saturated carbocycles. The number of hydrogen-bond donors (Lipinski definition) is 0. The maximum Gasteiger partial charge on any atom is 0.243 e.